The molecule has 0 bridgehead atoms. The highest BCUT2D eigenvalue weighted by Crippen LogP contribution is 2.23. The molecule has 0 fully saturated rings. The standard InChI is InChI=1S/C13H20N2O.C12H18N2O2.C12H17NO3.C12H17NO2.C11H16N2O.C11H15NO2/c1-10(2)11-5-7-12(8-6-11)14-9-13(16)15(3)4;1-9(2)10-3-5-11(6-4-10)16-8-7-14-12(13)15;1-9(2)10-3-5-11(6-4-10)15-7-8-16-12(13)14;1-9(2)10-3-5-11(6-4-10)15-8-7-12(13)14;1-8(2)9-3-5-10(6-4-9)13-7-11(12)14;1-8(2)9-3-5-10(6-4-9)14-7-11(12)13/h5-8,10,14H,9H2,1-4H3;3-6,9H,7-8H2,1-2H3,(H3,13,14,15);3-6,9H,7-8H2,1-2H3,(H2,13,14);3-6,9H,7-8H2,1-2H3,(H2,13,14);3-6,8,13H,7H2,1-2H3,(H2,12,14);3-6,8H,7H2,1-2H3,(H2,12,13). The van der Waals surface area contributed by atoms with Gasteiger partial charge in [-0.25, -0.2) is 9.59 Å². The number of nitrogens with two attached hydrogens (primary N) is 5. The zero-order valence-electron chi connectivity index (χ0n) is 56.0. The van der Waals surface area contributed by atoms with Gasteiger partial charge in [-0.1, -0.05) is 156 Å². The molecule has 0 radical (unpaired) electrons. The number of anilines is 2. The Morgan fingerprint density at radius 2 is 0.681 bits per heavy atom. The van der Waals surface area contributed by atoms with E-state index in [1.54, 1.807) is 19.0 Å². The summed E-state index contributed by atoms with van der Waals surface area (Å²) in [5.41, 5.74) is 34.3. The number of nitrogens with one attached hydrogen (secondary N) is 3. The smallest absolute Gasteiger partial charge is 0.404 e. The van der Waals surface area contributed by atoms with Crippen molar-refractivity contribution in [3.63, 3.8) is 0 Å². The number of carbonyl (C=O) groups is 6. The normalized spacial score (nSPS) is 10.2. The van der Waals surface area contributed by atoms with E-state index in [-0.39, 0.29) is 43.9 Å². The van der Waals surface area contributed by atoms with Crippen molar-refractivity contribution in [2.75, 3.05) is 77.4 Å². The van der Waals surface area contributed by atoms with Crippen molar-refractivity contribution in [3.05, 3.63) is 179 Å². The maximum absolute atomic E-state index is 11.4. The number of rotatable bonds is 27. The van der Waals surface area contributed by atoms with Gasteiger partial charge in [0.15, 0.2) is 6.61 Å². The summed E-state index contributed by atoms with van der Waals surface area (Å²) in [5, 5.41) is 8.50. The molecule has 6 aromatic carbocycles. The van der Waals surface area contributed by atoms with Crippen molar-refractivity contribution in [1.29, 1.82) is 0 Å². The number of hydrogen-bond acceptors (Lipinski definition) is 13. The number of likely N-dealkylation sites (N-methyl/N-ethyl adjacent to an activating group) is 1. The average Bonchev–Trinajstić information content (AvgIpc) is 3.44. The third kappa shape index (κ3) is 38.5. The number of urea groups is 1. The van der Waals surface area contributed by atoms with Crippen LogP contribution in [-0.2, 0) is 23.9 Å². The number of hydrogen-bond donors (Lipinski definition) is 8. The number of benzene rings is 6. The first-order valence-electron chi connectivity index (χ1n) is 30.6. The molecular weight excluding hydrogens is 1150 g/mol. The van der Waals surface area contributed by atoms with E-state index in [9.17, 15) is 28.8 Å². The molecule has 498 valence electrons. The van der Waals surface area contributed by atoms with E-state index >= 15 is 0 Å². The van der Waals surface area contributed by atoms with E-state index in [2.05, 4.69) is 116 Å². The van der Waals surface area contributed by atoms with Gasteiger partial charge in [-0.2, -0.15) is 0 Å². The molecule has 20 nitrogen and oxygen atoms in total. The molecule has 6 rings (SSSR count). The van der Waals surface area contributed by atoms with E-state index in [1.807, 2.05) is 133 Å². The van der Waals surface area contributed by atoms with Crippen LogP contribution in [0.4, 0.5) is 21.0 Å². The van der Waals surface area contributed by atoms with Gasteiger partial charge in [-0.3, -0.25) is 19.2 Å². The van der Waals surface area contributed by atoms with E-state index < -0.39 is 18.0 Å². The zero-order valence-corrected chi connectivity index (χ0v) is 56.0. The molecule has 0 unspecified atom stereocenters. The van der Waals surface area contributed by atoms with Crippen molar-refractivity contribution in [2.45, 2.75) is 125 Å². The van der Waals surface area contributed by atoms with Crippen LogP contribution in [0, 0.1) is 0 Å². The second-order valence-electron chi connectivity index (χ2n) is 22.9. The minimum atomic E-state index is -0.779. The maximum atomic E-state index is 11.4. The lowest BCUT2D eigenvalue weighted by atomic mass is 10.0. The highest BCUT2D eigenvalue weighted by Gasteiger charge is 2.07. The van der Waals surface area contributed by atoms with Gasteiger partial charge < -0.3 is 73.2 Å². The summed E-state index contributed by atoms with van der Waals surface area (Å²) in [6, 6.07) is 47.0. The molecule has 13 N–H and O–H groups in total. The van der Waals surface area contributed by atoms with Gasteiger partial charge in [0.25, 0.3) is 5.91 Å². The third-order valence-corrected chi connectivity index (χ3v) is 13.0. The van der Waals surface area contributed by atoms with Crippen LogP contribution in [0.5, 0.6) is 23.0 Å². The van der Waals surface area contributed by atoms with Crippen molar-refractivity contribution in [2.24, 2.45) is 28.7 Å². The van der Waals surface area contributed by atoms with E-state index in [1.165, 1.54) is 33.4 Å². The molecule has 0 aliphatic heterocycles. The van der Waals surface area contributed by atoms with Crippen LogP contribution in [0.1, 0.15) is 158 Å². The molecule has 20 heteroatoms. The lowest BCUT2D eigenvalue weighted by Gasteiger charge is -2.12. The van der Waals surface area contributed by atoms with Crippen LogP contribution in [0.3, 0.4) is 0 Å². The Morgan fingerprint density at radius 3 is 0.967 bits per heavy atom. The molecule has 7 amide bonds. The van der Waals surface area contributed by atoms with Crippen molar-refractivity contribution >= 4 is 47.1 Å². The molecule has 0 heterocycles. The SMILES string of the molecule is CC(C)c1ccc(NCC(=O)N(C)C)cc1.CC(C)c1ccc(NCC(N)=O)cc1.CC(C)c1ccc(OCC(N)=O)cc1.CC(C)c1ccc(OCCC(N)=O)cc1.CC(C)c1ccc(OCCNC(N)=O)cc1.CC(C)c1ccc(OCCOC(N)=O)cc1. The molecule has 0 aliphatic rings. The lowest BCUT2D eigenvalue weighted by molar-refractivity contribution is -0.127. The van der Waals surface area contributed by atoms with Gasteiger partial charge in [-0.15, -0.1) is 0 Å². The Kier molecular flexibility index (Phi) is 39.2. The first-order valence-corrected chi connectivity index (χ1v) is 30.6. The van der Waals surface area contributed by atoms with Crippen LogP contribution >= 0.6 is 0 Å². The summed E-state index contributed by atoms with van der Waals surface area (Å²) in [6.45, 7) is 27.8. The second kappa shape index (κ2) is 44.9. The fourth-order valence-electron chi connectivity index (χ4n) is 7.36. The molecule has 0 atom stereocenters. The van der Waals surface area contributed by atoms with Gasteiger partial charge in [0, 0.05) is 25.5 Å². The molecule has 6 aromatic rings. The first kappa shape index (κ1) is 79.6. The van der Waals surface area contributed by atoms with Crippen LogP contribution in [-0.4, -0.2) is 107 Å². The van der Waals surface area contributed by atoms with Crippen molar-refractivity contribution < 1.29 is 52.5 Å². The largest absolute Gasteiger partial charge is 0.493 e. The number of carbonyl (C=O) groups excluding carboxylic acids is 6. The summed E-state index contributed by atoms with van der Waals surface area (Å²) >= 11 is 0. The molecular formula is C71H103N9O11. The molecule has 0 aliphatic carbocycles. The van der Waals surface area contributed by atoms with Gasteiger partial charge >= 0.3 is 12.1 Å². The fourth-order valence-corrected chi connectivity index (χ4v) is 7.36. The van der Waals surface area contributed by atoms with Gasteiger partial charge in [0.05, 0.1) is 32.7 Å². The second-order valence-corrected chi connectivity index (χ2v) is 22.9. The number of primary amides is 5. The van der Waals surface area contributed by atoms with Gasteiger partial charge in [-0.05, 0) is 142 Å². The fraction of sp³-hybridized carbons (Fsp3) is 0.408. The third-order valence-electron chi connectivity index (χ3n) is 13.0. The molecule has 0 aromatic heterocycles. The minimum Gasteiger partial charge on any atom is -0.493 e. The lowest BCUT2D eigenvalue weighted by Crippen LogP contribution is -2.32. The van der Waals surface area contributed by atoms with Crippen LogP contribution in [0.15, 0.2) is 146 Å². The zero-order chi connectivity index (χ0) is 68.4. The Morgan fingerprint density at radius 1 is 0.374 bits per heavy atom. The Hall–Kier alpha value is -9.46. The van der Waals surface area contributed by atoms with E-state index in [4.69, 9.17) is 47.6 Å². The summed E-state index contributed by atoms with van der Waals surface area (Å²) in [7, 11) is 3.51. The molecule has 0 spiro atoms. The van der Waals surface area contributed by atoms with E-state index in [0.717, 1.165) is 28.6 Å². The maximum Gasteiger partial charge on any atom is 0.404 e. The van der Waals surface area contributed by atoms with Crippen LogP contribution in [0.25, 0.3) is 0 Å². The molecule has 0 saturated carbocycles. The summed E-state index contributed by atoms with van der Waals surface area (Å²) in [4.78, 5) is 65.0. The number of amides is 7. The Balaban J connectivity index is 0.000000546. The Bertz CT molecular complexity index is 2860. The first-order chi connectivity index (χ1) is 43.0. The van der Waals surface area contributed by atoms with Crippen molar-refractivity contribution in [3.8, 4) is 23.0 Å². The summed E-state index contributed by atoms with van der Waals surface area (Å²) < 4.78 is 25.8. The predicted octanol–water partition coefficient (Wildman–Crippen LogP) is 11.9. The average molecular weight is 1260 g/mol. The number of nitrogens with zero attached hydrogens (tertiary/aromatic N) is 1. The monoisotopic (exact) mass is 1260 g/mol. The molecule has 0 saturated heterocycles. The van der Waals surface area contributed by atoms with Crippen molar-refractivity contribution in [1.82, 2.24) is 10.2 Å². The van der Waals surface area contributed by atoms with Gasteiger partial charge in [0.1, 0.15) is 42.8 Å². The van der Waals surface area contributed by atoms with Crippen LogP contribution < -0.4 is 63.6 Å². The van der Waals surface area contributed by atoms with E-state index in [0.29, 0.717) is 74.2 Å². The number of ether oxygens (including phenoxy) is 5. The van der Waals surface area contributed by atoms with Gasteiger partial charge in [0.2, 0.25) is 17.7 Å². The Labute approximate surface area is 540 Å². The summed E-state index contributed by atoms with van der Waals surface area (Å²) in [6.07, 6.45) is -0.523. The topological polar surface area (TPSA) is 318 Å². The van der Waals surface area contributed by atoms with Crippen LogP contribution in [0.2, 0.25) is 0 Å². The minimum absolute atomic E-state index is 0.0684. The highest BCUT2D eigenvalue weighted by atomic mass is 16.6. The molecule has 91 heavy (non-hydrogen) atoms. The summed E-state index contributed by atoms with van der Waals surface area (Å²) in [5.74, 6) is 5.06. The highest BCUT2D eigenvalue weighted by molar-refractivity contribution is 5.80. The quantitative estimate of drug-likeness (QED) is 0.0223. The predicted molar refractivity (Wildman–Crippen MR) is 366 cm³/mol.